The molecule has 1 fully saturated rings. The van der Waals surface area contributed by atoms with Crippen LogP contribution < -0.4 is 0 Å². The second-order valence-corrected chi connectivity index (χ2v) is 13.2. The molecule has 0 radical (unpaired) electrons. The molecule has 1 amide bonds. The van der Waals surface area contributed by atoms with Crippen molar-refractivity contribution >= 4 is 44.9 Å². The summed E-state index contributed by atoms with van der Waals surface area (Å²) in [5.74, 6) is -0.872. The number of sulfone groups is 1. The zero-order valence-electron chi connectivity index (χ0n) is 22.0. The van der Waals surface area contributed by atoms with Crippen LogP contribution in [0.25, 0.3) is 0 Å². The van der Waals surface area contributed by atoms with Crippen molar-refractivity contribution in [3.63, 3.8) is 0 Å². The number of morpholine rings is 1. The van der Waals surface area contributed by atoms with E-state index in [9.17, 15) is 13.2 Å². The van der Waals surface area contributed by atoms with Crippen LogP contribution in [-0.4, -0.2) is 60.1 Å². The van der Waals surface area contributed by atoms with Gasteiger partial charge in [-0.1, -0.05) is 60.5 Å². The second kappa shape index (κ2) is 15.3. The standard InChI is InChI=1S/C19H28ClNO4S.C6H5Cl.C2H4O2/c1-5-16(10-11-26(23,24)19(2,3)4)21-17(12-25-13-18(21)22)14-6-8-15(20)9-7-14;7-6-4-2-1-3-5-6;1-2(3)4/h6-9,16-17H,5,10-13H2,1-4H3;1-5H;1H3,(H,3,4)/t16-,17?;;/m0../s1. The number of amides is 1. The van der Waals surface area contributed by atoms with E-state index < -0.39 is 20.6 Å². The summed E-state index contributed by atoms with van der Waals surface area (Å²) in [6.45, 7) is 8.62. The largest absolute Gasteiger partial charge is 0.481 e. The Morgan fingerprint density at radius 3 is 2.03 bits per heavy atom. The van der Waals surface area contributed by atoms with Gasteiger partial charge < -0.3 is 14.7 Å². The van der Waals surface area contributed by atoms with Crippen LogP contribution in [0.15, 0.2) is 54.6 Å². The average Bonchev–Trinajstić information content (AvgIpc) is 2.80. The number of carboxylic acid groups (broad SMARTS) is 1. The summed E-state index contributed by atoms with van der Waals surface area (Å²) >= 11 is 11.5. The Morgan fingerprint density at radius 2 is 1.59 bits per heavy atom. The summed E-state index contributed by atoms with van der Waals surface area (Å²) in [5, 5.41) is 8.84. The van der Waals surface area contributed by atoms with Gasteiger partial charge in [-0.2, -0.15) is 0 Å². The number of carbonyl (C=O) groups excluding carboxylic acids is 1. The van der Waals surface area contributed by atoms with Crippen LogP contribution in [0.5, 0.6) is 0 Å². The van der Waals surface area contributed by atoms with E-state index in [1.807, 2.05) is 54.3 Å². The smallest absolute Gasteiger partial charge is 0.300 e. The van der Waals surface area contributed by atoms with Crippen LogP contribution >= 0.6 is 23.2 Å². The van der Waals surface area contributed by atoms with Gasteiger partial charge in [0, 0.05) is 23.0 Å². The summed E-state index contributed by atoms with van der Waals surface area (Å²) < 4.78 is 29.6. The van der Waals surface area contributed by atoms with E-state index in [4.69, 9.17) is 37.8 Å². The molecule has 10 heteroatoms. The zero-order valence-corrected chi connectivity index (χ0v) is 24.3. The van der Waals surface area contributed by atoms with Crippen molar-refractivity contribution in [2.45, 2.75) is 64.3 Å². The summed E-state index contributed by atoms with van der Waals surface area (Å²) in [6, 6.07) is 16.4. The van der Waals surface area contributed by atoms with Crippen molar-refractivity contribution in [2.75, 3.05) is 19.0 Å². The molecular weight excluding hydrogens is 537 g/mol. The molecule has 1 unspecified atom stereocenters. The molecule has 1 heterocycles. The predicted octanol–water partition coefficient (Wildman–Crippen LogP) is 6.05. The van der Waals surface area contributed by atoms with Gasteiger partial charge in [0.25, 0.3) is 5.97 Å². The first-order valence-electron chi connectivity index (χ1n) is 12.0. The van der Waals surface area contributed by atoms with Crippen LogP contribution in [0.4, 0.5) is 0 Å². The molecule has 0 bridgehead atoms. The molecular formula is C27H37Cl2NO6S. The lowest BCUT2D eigenvalue weighted by Crippen LogP contribution is -2.50. The van der Waals surface area contributed by atoms with Gasteiger partial charge in [0.1, 0.15) is 6.61 Å². The van der Waals surface area contributed by atoms with Gasteiger partial charge in [0.05, 0.1) is 23.1 Å². The molecule has 2 atom stereocenters. The van der Waals surface area contributed by atoms with E-state index in [0.717, 1.165) is 17.5 Å². The van der Waals surface area contributed by atoms with Crippen molar-refractivity contribution in [1.29, 1.82) is 0 Å². The van der Waals surface area contributed by atoms with Crippen molar-refractivity contribution in [1.82, 2.24) is 4.90 Å². The van der Waals surface area contributed by atoms with Crippen LogP contribution in [0, 0.1) is 0 Å². The molecule has 1 N–H and O–H groups in total. The van der Waals surface area contributed by atoms with E-state index in [1.54, 1.807) is 32.9 Å². The third-order valence-electron chi connectivity index (χ3n) is 5.63. The molecule has 1 saturated heterocycles. The minimum atomic E-state index is -3.23. The Balaban J connectivity index is 0.000000514. The first-order valence-corrected chi connectivity index (χ1v) is 14.4. The molecule has 1 aliphatic rings. The normalized spacial score (nSPS) is 16.6. The number of hydrogen-bond donors (Lipinski definition) is 1. The molecule has 0 saturated carbocycles. The van der Waals surface area contributed by atoms with E-state index in [-0.39, 0.29) is 30.4 Å². The number of carboxylic acids is 1. The Hall–Kier alpha value is -2.13. The summed E-state index contributed by atoms with van der Waals surface area (Å²) in [4.78, 5) is 23.4. The van der Waals surface area contributed by atoms with E-state index in [2.05, 4.69) is 0 Å². The highest BCUT2D eigenvalue weighted by atomic mass is 35.5. The Kier molecular flexibility index (Phi) is 13.6. The molecule has 0 spiro atoms. The molecule has 3 rings (SSSR count). The lowest BCUT2D eigenvalue weighted by molar-refractivity contribution is -0.152. The van der Waals surface area contributed by atoms with Gasteiger partial charge in [-0.15, -0.1) is 0 Å². The minimum absolute atomic E-state index is 0.0343. The van der Waals surface area contributed by atoms with Gasteiger partial charge in [-0.05, 0) is 63.4 Å². The highest BCUT2D eigenvalue weighted by molar-refractivity contribution is 7.92. The van der Waals surface area contributed by atoms with Gasteiger partial charge in [-0.3, -0.25) is 9.59 Å². The number of carbonyl (C=O) groups is 2. The SMILES string of the molecule is CC(=O)O.CC[C@@H](CCS(=O)(=O)C(C)(C)C)N1C(=O)COCC1c1ccc(Cl)cc1.Clc1ccccc1. The van der Waals surface area contributed by atoms with Gasteiger partial charge in [0.2, 0.25) is 5.91 Å². The molecule has 206 valence electrons. The maximum atomic E-state index is 12.6. The van der Waals surface area contributed by atoms with Crippen molar-refractivity contribution < 1.29 is 27.9 Å². The van der Waals surface area contributed by atoms with Crippen LogP contribution in [0.1, 0.15) is 59.1 Å². The number of nitrogens with zero attached hydrogens (tertiary/aromatic N) is 1. The molecule has 7 nitrogen and oxygen atoms in total. The molecule has 0 aliphatic carbocycles. The van der Waals surface area contributed by atoms with E-state index in [1.165, 1.54) is 0 Å². The Bertz CT molecular complexity index is 1080. The van der Waals surface area contributed by atoms with Gasteiger partial charge in [-0.25, -0.2) is 8.42 Å². The highest BCUT2D eigenvalue weighted by Crippen LogP contribution is 2.31. The number of halogens is 2. The Morgan fingerprint density at radius 1 is 1.08 bits per heavy atom. The molecule has 2 aromatic carbocycles. The summed E-state index contributed by atoms with van der Waals surface area (Å²) in [6.07, 6.45) is 1.11. The topological polar surface area (TPSA) is 101 Å². The van der Waals surface area contributed by atoms with Crippen LogP contribution in [0.2, 0.25) is 10.0 Å². The fourth-order valence-electron chi connectivity index (χ4n) is 3.54. The molecule has 37 heavy (non-hydrogen) atoms. The lowest BCUT2D eigenvalue weighted by Gasteiger charge is -2.41. The van der Waals surface area contributed by atoms with Crippen LogP contribution in [-0.2, 0) is 24.2 Å². The van der Waals surface area contributed by atoms with Crippen molar-refractivity contribution in [2.24, 2.45) is 0 Å². The predicted molar refractivity (Wildman–Crippen MR) is 149 cm³/mol. The van der Waals surface area contributed by atoms with Crippen molar-refractivity contribution in [3.8, 4) is 0 Å². The maximum absolute atomic E-state index is 12.6. The molecule has 2 aromatic rings. The number of aliphatic carboxylic acids is 1. The van der Waals surface area contributed by atoms with Gasteiger partial charge >= 0.3 is 0 Å². The van der Waals surface area contributed by atoms with Gasteiger partial charge in [0.15, 0.2) is 9.84 Å². The summed E-state index contributed by atoms with van der Waals surface area (Å²) in [7, 11) is -3.23. The monoisotopic (exact) mass is 573 g/mol. The molecule has 0 aromatic heterocycles. The number of benzene rings is 2. The lowest BCUT2D eigenvalue weighted by atomic mass is 10.00. The highest BCUT2D eigenvalue weighted by Gasteiger charge is 2.36. The first-order chi connectivity index (χ1) is 17.2. The fourth-order valence-corrected chi connectivity index (χ4v) is 5.00. The van der Waals surface area contributed by atoms with Crippen molar-refractivity contribution in [3.05, 3.63) is 70.2 Å². The average molecular weight is 575 g/mol. The molecule has 1 aliphatic heterocycles. The fraction of sp³-hybridized carbons (Fsp3) is 0.481. The number of hydrogen-bond acceptors (Lipinski definition) is 5. The van der Waals surface area contributed by atoms with Crippen LogP contribution in [0.3, 0.4) is 0 Å². The third kappa shape index (κ3) is 11.4. The number of ether oxygens (including phenoxy) is 1. The zero-order chi connectivity index (χ0) is 28.2. The maximum Gasteiger partial charge on any atom is 0.300 e. The minimum Gasteiger partial charge on any atom is -0.481 e. The Labute approximate surface area is 230 Å². The summed E-state index contributed by atoms with van der Waals surface area (Å²) in [5.41, 5.74) is 0.944. The third-order valence-corrected chi connectivity index (χ3v) is 8.77. The van der Waals surface area contributed by atoms with E-state index >= 15 is 0 Å². The quantitative estimate of drug-likeness (QED) is 0.451. The second-order valence-electron chi connectivity index (χ2n) is 9.48. The number of rotatable bonds is 6. The first kappa shape index (κ1) is 32.9. The van der Waals surface area contributed by atoms with E-state index in [0.29, 0.717) is 24.5 Å².